The minimum atomic E-state index is -3.10. The van der Waals surface area contributed by atoms with Crippen LogP contribution in [0, 0.1) is 6.92 Å². The van der Waals surface area contributed by atoms with E-state index in [0.29, 0.717) is 18.0 Å². The summed E-state index contributed by atoms with van der Waals surface area (Å²) in [5, 5.41) is 5.67. The second-order valence-corrected chi connectivity index (χ2v) is 7.30. The van der Waals surface area contributed by atoms with E-state index in [1.165, 1.54) is 0 Å². The fourth-order valence-electron chi connectivity index (χ4n) is 2.75. The quantitative estimate of drug-likeness (QED) is 0.226. The molecule has 0 saturated carbocycles. The number of thiazole rings is 1. The normalized spacial score (nSPS) is 12.8. The number of aromatic nitrogens is 4. The van der Waals surface area contributed by atoms with Crippen molar-refractivity contribution in [2.24, 2.45) is 0 Å². The van der Waals surface area contributed by atoms with E-state index >= 15 is 0 Å². The largest absolute Gasteiger partial charge is 1.00 e. The molecule has 0 radical (unpaired) electrons. The maximum atomic E-state index is 14.2. The topological polar surface area (TPSA) is 120 Å². The third-order valence-corrected chi connectivity index (χ3v) is 5.38. The first kappa shape index (κ1) is 24.0. The molecule has 3 aromatic heterocycles. The van der Waals surface area contributed by atoms with E-state index in [0.717, 1.165) is 21.9 Å². The average Bonchev–Trinajstić information content (AvgIpc) is 3.31. The number of halogens is 1. The van der Waals surface area contributed by atoms with Gasteiger partial charge in [0.25, 0.3) is 0 Å². The summed E-state index contributed by atoms with van der Waals surface area (Å²) >= 11 is 1.07. The molecule has 0 unspecified atom stereocenters. The summed E-state index contributed by atoms with van der Waals surface area (Å²) < 4.78 is 19.8. The SMILES string of the molecule is Cc1nc(-c2csc(C(=O)c3cn(P([O-])[O-])c4c3=CCCC=4F)n2)no1.[Na+].[Na+]. The molecule has 0 saturated heterocycles. The molecule has 0 aliphatic heterocycles. The summed E-state index contributed by atoms with van der Waals surface area (Å²) in [5.74, 6) is -0.417. The Hall–Kier alpha value is -0.260. The van der Waals surface area contributed by atoms with Crippen molar-refractivity contribution in [1.29, 1.82) is 0 Å². The molecule has 134 valence electrons. The van der Waals surface area contributed by atoms with Crippen molar-refractivity contribution in [2.45, 2.75) is 19.8 Å². The Bertz CT molecular complexity index is 1140. The Kier molecular flexibility index (Phi) is 8.32. The van der Waals surface area contributed by atoms with E-state index in [1.807, 2.05) is 0 Å². The van der Waals surface area contributed by atoms with Gasteiger partial charge in [0.2, 0.25) is 17.5 Å². The number of ketones is 1. The molecule has 4 rings (SSSR count). The molecule has 3 heterocycles. The standard InChI is InChI=1S/C15H10FN4O4PS.2Na/c1-7-17-14(19-24-7)11-6-26-15(18-11)13(21)9-5-20(25(22)23)12-8(9)3-2-4-10(12)16;;/h3,5-6H,2,4H2,1H3;;/q-2;2*+1. The maximum absolute atomic E-state index is 14.2. The van der Waals surface area contributed by atoms with Crippen molar-refractivity contribution in [3.8, 4) is 11.5 Å². The number of fused-ring (bicyclic) bond motifs is 1. The van der Waals surface area contributed by atoms with E-state index in [4.69, 9.17) is 4.52 Å². The van der Waals surface area contributed by atoms with Gasteiger partial charge in [-0.3, -0.25) is 4.79 Å². The Balaban J connectivity index is 0.00000140. The summed E-state index contributed by atoms with van der Waals surface area (Å²) in [6.45, 7) is 1.63. The van der Waals surface area contributed by atoms with E-state index in [2.05, 4.69) is 15.1 Å². The fraction of sp³-hybridized carbons (Fsp3) is 0.200. The van der Waals surface area contributed by atoms with Crippen LogP contribution in [0.1, 0.15) is 34.1 Å². The van der Waals surface area contributed by atoms with Gasteiger partial charge in [-0.1, -0.05) is 11.2 Å². The molecule has 3 aromatic rings. The van der Waals surface area contributed by atoms with Gasteiger partial charge in [-0.15, -0.1) is 11.3 Å². The average molecular weight is 438 g/mol. The summed E-state index contributed by atoms with van der Waals surface area (Å²) in [4.78, 5) is 44.0. The maximum Gasteiger partial charge on any atom is 1.00 e. The van der Waals surface area contributed by atoms with Gasteiger partial charge in [0.15, 0.2) is 5.01 Å². The van der Waals surface area contributed by atoms with Gasteiger partial charge in [0.1, 0.15) is 11.5 Å². The van der Waals surface area contributed by atoms with Crippen molar-refractivity contribution in [3.05, 3.63) is 38.6 Å². The van der Waals surface area contributed by atoms with Crippen LogP contribution in [-0.2, 0) is 0 Å². The van der Waals surface area contributed by atoms with Crippen molar-refractivity contribution in [1.82, 2.24) is 19.5 Å². The summed E-state index contributed by atoms with van der Waals surface area (Å²) in [5.41, 5.74) is 0.472. The van der Waals surface area contributed by atoms with Gasteiger partial charge in [0, 0.05) is 30.1 Å². The number of aryl methyl sites for hydroxylation is 1. The zero-order valence-electron chi connectivity index (χ0n) is 15.3. The summed E-state index contributed by atoms with van der Waals surface area (Å²) in [7, 11) is -3.10. The predicted molar refractivity (Wildman–Crippen MR) is 87.8 cm³/mol. The van der Waals surface area contributed by atoms with Crippen LogP contribution in [0.5, 0.6) is 0 Å². The van der Waals surface area contributed by atoms with Crippen LogP contribution in [0.4, 0.5) is 4.39 Å². The van der Waals surface area contributed by atoms with Crippen LogP contribution in [0.2, 0.25) is 0 Å². The molecule has 0 aromatic carbocycles. The number of hydrogen-bond acceptors (Lipinski definition) is 8. The number of hydrogen-bond donors (Lipinski definition) is 0. The van der Waals surface area contributed by atoms with Crippen molar-refractivity contribution in [2.75, 3.05) is 0 Å². The van der Waals surface area contributed by atoms with Crippen LogP contribution >= 0.6 is 19.9 Å². The van der Waals surface area contributed by atoms with Gasteiger partial charge < -0.3 is 18.6 Å². The Morgan fingerprint density at radius 3 is 2.75 bits per heavy atom. The van der Waals surface area contributed by atoms with Gasteiger partial charge >= 0.3 is 59.1 Å². The Labute approximate surface area is 207 Å². The fourth-order valence-corrected chi connectivity index (χ4v) is 4.09. The zero-order chi connectivity index (χ0) is 18.4. The first-order chi connectivity index (χ1) is 12.5. The molecular formula is C15H10FN4Na2O4PS. The molecule has 0 N–H and O–H groups in total. The monoisotopic (exact) mass is 438 g/mol. The molecule has 1 aliphatic rings. The molecular weight excluding hydrogens is 428 g/mol. The third kappa shape index (κ3) is 4.41. The smallest absolute Gasteiger partial charge is 0.825 e. The molecule has 0 fully saturated rings. The van der Waals surface area contributed by atoms with Crippen molar-refractivity contribution < 1.29 is 82.6 Å². The van der Waals surface area contributed by atoms with Crippen molar-refractivity contribution >= 4 is 37.5 Å². The number of carbonyl (C=O) groups is 1. The Morgan fingerprint density at radius 1 is 1.36 bits per heavy atom. The van der Waals surface area contributed by atoms with Crippen LogP contribution < -0.4 is 79.5 Å². The van der Waals surface area contributed by atoms with Gasteiger partial charge in [0.05, 0.1) is 10.9 Å². The molecule has 0 spiro atoms. The van der Waals surface area contributed by atoms with E-state index < -0.39 is 20.1 Å². The zero-order valence-corrected chi connectivity index (χ0v) is 21.0. The minimum absolute atomic E-state index is 0. The third-order valence-electron chi connectivity index (χ3n) is 3.87. The molecule has 0 amide bonds. The second kappa shape index (κ2) is 9.70. The van der Waals surface area contributed by atoms with Crippen LogP contribution in [0.25, 0.3) is 23.4 Å². The second-order valence-electron chi connectivity index (χ2n) is 5.54. The predicted octanol–water partition coefficient (Wildman–Crippen LogP) is -6.01. The number of carbonyl (C=O) groups excluding carboxylic acids is 1. The first-order valence-electron chi connectivity index (χ1n) is 7.51. The molecule has 0 atom stereocenters. The molecule has 13 heteroatoms. The van der Waals surface area contributed by atoms with E-state index in [1.54, 1.807) is 18.4 Å². The minimum Gasteiger partial charge on any atom is -0.825 e. The molecule has 0 bridgehead atoms. The van der Waals surface area contributed by atoms with E-state index in [9.17, 15) is 19.0 Å². The summed E-state index contributed by atoms with van der Waals surface area (Å²) in [6, 6.07) is 0. The van der Waals surface area contributed by atoms with Crippen molar-refractivity contribution in [3.63, 3.8) is 0 Å². The number of rotatable bonds is 4. The van der Waals surface area contributed by atoms with Gasteiger partial charge in [-0.25, -0.2) is 9.37 Å². The van der Waals surface area contributed by atoms with E-state index in [-0.39, 0.29) is 92.5 Å². The number of nitrogens with zero attached hydrogens (tertiary/aromatic N) is 4. The Morgan fingerprint density at radius 2 is 2.11 bits per heavy atom. The first-order valence-corrected chi connectivity index (χ1v) is 9.52. The molecule has 1 aliphatic carbocycles. The van der Waals surface area contributed by atoms with Crippen LogP contribution in [0.3, 0.4) is 0 Å². The molecule has 28 heavy (non-hydrogen) atoms. The van der Waals surface area contributed by atoms with Gasteiger partial charge in [-0.2, -0.15) is 13.5 Å². The molecule has 8 nitrogen and oxygen atoms in total. The summed E-state index contributed by atoms with van der Waals surface area (Å²) in [6.07, 6.45) is 3.30. The van der Waals surface area contributed by atoms with Crippen LogP contribution in [-0.4, -0.2) is 25.2 Å². The van der Waals surface area contributed by atoms with Gasteiger partial charge in [-0.05, 0) is 6.42 Å². The van der Waals surface area contributed by atoms with Crippen LogP contribution in [0.15, 0.2) is 16.1 Å².